The van der Waals surface area contributed by atoms with Crippen molar-refractivity contribution in [3.63, 3.8) is 0 Å². The van der Waals surface area contributed by atoms with Gasteiger partial charge in [-0.3, -0.25) is 14.4 Å². The van der Waals surface area contributed by atoms with Gasteiger partial charge in [-0.05, 0) is 6.92 Å². The van der Waals surface area contributed by atoms with E-state index < -0.39 is 42.6 Å². The van der Waals surface area contributed by atoms with Gasteiger partial charge in [0.2, 0.25) is 6.29 Å². The predicted octanol–water partition coefficient (Wildman–Crippen LogP) is 0.550. The van der Waals surface area contributed by atoms with Crippen LogP contribution in [0.1, 0.15) is 34.6 Å². The van der Waals surface area contributed by atoms with Crippen LogP contribution in [0.2, 0.25) is 0 Å². The average molecular weight is 331 g/mol. The van der Waals surface area contributed by atoms with Crippen LogP contribution in [-0.2, 0) is 38.1 Å². The Morgan fingerprint density at radius 2 is 1.70 bits per heavy atom. The molecule has 1 aliphatic rings. The zero-order chi connectivity index (χ0) is 17.6. The Bertz CT molecular complexity index is 473. The molecule has 0 N–H and O–H groups in total. The lowest BCUT2D eigenvalue weighted by Crippen LogP contribution is -2.42. The number of hydrogen-bond donors (Lipinski definition) is 0. The monoisotopic (exact) mass is 331 g/mol. The molecule has 0 saturated heterocycles. The molecule has 0 spiro atoms. The molecular weight excluding hydrogens is 310 g/mol. The molecule has 0 aromatic rings. The minimum absolute atomic E-state index is 0.0206. The van der Waals surface area contributed by atoms with Gasteiger partial charge in [0.25, 0.3) is 6.29 Å². The van der Waals surface area contributed by atoms with Gasteiger partial charge in [-0.25, -0.2) is 4.99 Å². The van der Waals surface area contributed by atoms with Gasteiger partial charge in [0.05, 0.1) is 6.10 Å². The summed E-state index contributed by atoms with van der Waals surface area (Å²) < 4.78 is 25.8. The maximum Gasteiger partial charge on any atom is 0.305 e. The minimum Gasteiger partial charge on any atom is -0.463 e. The fourth-order valence-corrected chi connectivity index (χ4v) is 1.83. The van der Waals surface area contributed by atoms with Gasteiger partial charge < -0.3 is 23.7 Å². The van der Waals surface area contributed by atoms with Crippen LogP contribution in [0.3, 0.4) is 0 Å². The first-order valence-corrected chi connectivity index (χ1v) is 7.03. The molecule has 3 atom stereocenters. The molecule has 9 nitrogen and oxygen atoms in total. The lowest BCUT2D eigenvalue weighted by Gasteiger charge is -2.26. The molecule has 9 heteroatoms. The molecule has 1 rings (SSSR count). The normalized spacial score (nSPS) is 21.2. The van der Waals surface area contributed by atoms with Crippen molar-refractivity contribution in [2.45, 2.75) is 59.3 Å². The van der Waals surface area contributed by atoms with Crippen molar-refractivity contribution in [2.24, 2.45) is 4.99 Å². The van der Waals surface area contributed by atoms with E-state index in [2.05, 4.69) is 4.99 Å². The van der Waals surface area contributed by atoms with E-state index in [9.17, 15) is 14.4 Å². The van der Waals surface area contributed by atoms with Crippen molar-refractivity contribution in [2.75, 3.05) is 6.61 Å². The van der Waals surface area contributed by atoms with Crippen LogP contribution >= 0.6 is 0 Å². The topological polar surface area (TPSA) is 110 Å². The van der Waals surface area contributed by atoms with Crippen LogP contribution in [0.5, 0.6) is 0 Å². The first-order valence-electron chi connectivity index (χ1n) is 7.03. The Labute approximate surface area is 133 Å². The summed E-state index contributed by atoms with van der Waals surface area (Å²) >= 11 is 0. The number of nitrogens with zero attached hydrogens (tertiary/aromatic N) is 1. The molecule has 0 aromatic carbocycles. The zero-order valence-electron chi connectivity index (χ0n) is 13.7. The maximum atomic E-state index is 11.2. The van der Waals surface area contributed by atoms with Crippen LogP contribution in [0.15, 0.2) is 4.99 Å². The summed E-state index contributed by atoms with van der Waals surface area (Å²) in [4.78, 5) is 37.3. The number of carbonyl (C=O) groups is 3. The first-order chi connectivity index (χ1) is 10.7. The zero-order valence-corrected chi connectivity index (χ0v) is 13.7. The number of hydrogen-bond acceptors (Lipinski definition) is 9. The third-order valence-corrected chi connectivity index (χ3v) is 2.63. The van der Waals surface area contributed by atoms with Crippen molar-refractivity contribution in [3.05, 3.63) is 0 Å². The van der Waals surface area contributed by atoms with E-state index in [4.69, 9.17) is 23.7 Å². The van der Waals surface area contributed by atoms with Crippen LogP contribution in [0.4, 0.5) is 0 Å². The Morgan fingerprint density at radius 1 is 1.13 bits per heavy atom. The molecule has 0 radical (unpaired) electrons. The smallest absolute Gasteiger partial charge is 0.305 e. The van der Waals surface area contributed by atoms with Crippen molar-refractivity contribution in [1.29, 1.82) is 0 Å². The molecule has 0 bridgehead atoms. The van der Waals surface area contributed by atoms with E-state index in [0.29, 0.717) is 5.90 Å². The third-order valence-electron chi connectivity index (χ3n) is 2.63. The summed E-state index contributed by atoms with van der Waals surface area (Å²) in [6.07, 6.45) is -2.71. The molecule has 23 heavy (non-hydrogen) atoms. The summed E-state index contributed by atoms with van der Waals surface area (Å²) in [7, 11) is 0. The van der Waals surface area contributed by atoms with E-state index in [1.54, 1.807) is 13.8 Å². The molecule has 1 heterocycles. The second-order valence-electron chi connectivity index (χ2n) is 4.96. The number of esters is 3. The van der Waals surface area contributed by atoms with E-state index in [-0.39, 0.29) is 6.61 Å². The van der Waals surface area contributed by atoms with Crippen molar-refractivity contribution in [1.82, 2.24) is 0 Å². The highest BCUT2D eigenvalue weighted by Crippen LogP contribution is 2.22. The summed E-state index contributed by atoms with van der Waals surface area (Å²) in [6, 6.07) is -0.873. The van der Waals surface area contributed by atoms with Crippen LogP contribution in [-0.4, -0.2) is 55.1 Å². The van der Waals surface area contributed by atoms with Crippen molar-refractivity contribution < 1.29 is 38.1 Å². The predicted molar refractivity (Wildman–Crippen MR) is 76.3 cm³/mol. The molecule has 0 saturated carbocycles. The molecule has 0 aromatic heterocycles. The summed E-state index contributed by atoms with van der Waals surface area (Å²) in [5.74, 6) is -1.41. The summed E-state index contributed by atoms with van der Waals surface area (Å²) in [6.45, 7) is 6.93. The fraction of sp³-hybridized carbons (Fsp3) is 0.714. The maximum absolute atomic E-state index is 11.2. The second-order valence-corrected chi connectivity index (χ2v) is 4.96. The molecule has 130 valence electrons. The van der Waals surface area contributed by atoms with Gasteiger partial charge in [0, 0.05) is 27.7 Å². The quantitative estimate of drug-likeness (QED) is 0.491. The SMILES string of the molecule is CC(=O)OCC(C)OC1OC(C)=NC1C(OC(C)=O)OC(C)=O. The van der Waals surface area contributed by atoms with Gasteiger partial charge >= 0.3 is 17.9 Å². The minimum atomic E-state index is -1.27. The molecule has 3 unspecified atom stereocenters. The van der Waals surface area contributed by atoms with Crippen LogP contribution < -0.4 is 0 Å². The Morgan fingerprint density at radius 3 is 2.17 bits per heavy atom. The summed E-state index contributed by atoms with van der Waals surface area (Å²) in [5.41, 5.74) is 0. The molecule has 0 fully saturated rings. The lowest BCUT2D eigenvalue weighted by molar-refractivity contribution is -0.211. The Hall–Kier alpha value is -2.16. The third kappa shape index (κ3) is 6.64. The number of rotatable bonds is 7. The number of ether oxygens (including phenoxy) is 5. The molecule has 0 amide bonds. The van der Waals surface area contributed by atoms with E-state index in [1.165, 1.54) is 20.8 Å². The van der Waals surface area contributed by atoms with E-state index in [0.717, 1.165) is 0 Å². The Balaban J connectivity index is 2.75. The van der Waals surface area contributed by atoms with Gasteiger partial charge in [0.1, 0.15) is 6.61 Å². The van der Waals surface area contributed by atoms with Crippen LogP contribution in [0, 0.1) is 0 Å². The fourth-order valence-electron chi connectivity index (χ4n) is 1.83. The molecular formula is C14H21NO8. The van der Waals surface area contributed by atoms with Crippen LogP contribution in [0.25, 0.3) is 0 Å². The Kier molecular flexibility index (Phi) is 6.95. The highest BCUT2D eigenvalue weighted by atomic mass is 16.7. The van der Waals surface area contributed by atoms with Crippen molar-refractivity contribution in [3.8, 4) is 0 Å². The number of aliphatic imine (C=N–C) groups is 1. The highest BCUT2D eigenvalue weighted by molar-refractivity contribution is 5.75. The highest BCUT2D eigenvalue weighted by Gasteiger charge is 2.41. The van der Waals surface area contributed by atoms with E-state index >= 15 is 0 Å². The number of carbonyl (C=O) groups excluding carboxylic acids is 3. The van der Waals surface area contributed by atoms with Gasteiger partial charge in [-0.1, -0.05) is 0 Å². The average Bonchev–Trinajstić information content (AvgIpc) is 2.75. The summed E-state index contributed by atoms with van der Waals surface area (Å²) in [5, 5.41) is 0. The molecule has 1 aliphatic heterocycles. The lowest BCUT2D eigenvalue weighted by atomic mass is 10.3. The standard InChI is InChI=1S/C14H21NO8/c1-7(6-19-9(3)16)20-13-12(15-8(2)21-13)14(22-10(4)17)23-11(5)18/h7,12-14H,6H2,1-5H3. The van der Waals surface area contributed by atoms with Gasteiger partial charge in [0.15, 0.2) is 11.9 Å². The van der Waals surface area contributed by atoms with Gasteiger partial charge in [-0.2, -0.15) is 0 Å². The first kappa shape index (κ1) is 18.9. The second kappa shape index (κ2) is 8.47. The van der Waals surface area contributed by atoms with E-state index in [1.807, 2.05) is 0 Å². The van der Waals surface area contributed by atoms with Crippen molar-refractivity contribution >= 4 is 23.8 Å². The van der Waals surface area contributed by atoms with Gasteiger partial charge in [-0.15, -0.1) is 0 Å². The largest absolute Gasteiger partial charge is 0.463 e. The molecule has 0 aliphatic carbocycles.